The second kappa shape index (κ2) is 11.1. The first-order valence-electron chi connectivity index (χ1n) is 11.2. The molecule has 2 atom stereocenters. The quantitative estimate of drug-likeness (QED) is 0.340. The first-order chi connectivity index (χ1) is 17.2. The Labute approximate surface area is 208 Å². The molecule has 12 heteroatoms. The molecule has 0 saturated heterocycles. The Morgan fingerprint density at radius 1 is 0.892 bits per heavy atom. The number of nitrogens with zero attached hydrogens (tertiary/aromatic N) is 1. The molecule has 2 amide bonds. The van der Waals surface area contributed by atoms with E-state index >= 15 is 0 Å². The smallest absolute Gasteiger partial charge is 0.344 e. The van der Waals surface area contributed by atoms with Gasteiger partial charge in [-0.2, -0.15) is 31.4 Å². The van der Waals surface area contributed by atoms with Crippen molar-refractivity contribution in [2.75, 3.05) is 5.32 Å². The lowest BCUT2D eigenvalue weighted by molar-refractivity contribution is -0.143. The van der Waals surface area contributed by atoms with Crippen LogP contribution in [0, 0.1) is 0 Å². The largest absolute Gasteiger partial charge is 0.416 e. The molecule has 0 aliphatic carbocycles. The molecule has 1 heterocycles. The molecule has 0 aliphatic rings. The summed E-state index contributed by atoms with van der Waals surface area (Å²) in [5.41, 5.74) is -1.72. The zero-order valence-corrected chi connectivity index (χ0v) is 19.8. The van der Waals surface area contributed by atoms with E-state index in [1.165, 1.54) is 6.92 Å². The zero-order chi connectivity index (χ0) is 27.4. The molecule has 2 unspecified atom stereocenters. The third kappa shape index (κ3) is 7.83. The number of aromatic nitrogens is 2. The van der Waals surface area contributed by atoms with Gasteiger partial charge in [0.1, 0.15) is 11.9 Å². The minimum Gasteiger partial charge on any atom is -0.344 e. The number of H-pyrrole nitrogens is 1. The van der Waals surface area contributed by atoms with Crippen LogP contribution in [-0.4, -0.2) is 28.1 Å². The number of amides is 2. The standard InChI is InChI=1S/C25H24F6N4O2/c1-14(8-16-6-4-3-5-7-16)20-13-21(35-34-20)33-23(37)15(2)32-22(36)11-17-9-18(24(26,27)28)12-19(10-17)25(29,30)31/h3-7,9-10,12-15H,8,11H2,1-2H3,(H,32,36)(H2,33,34,35,37). The van der Waals surface area contributed by atoms with Crippen LogP contribution in [0.5, 0.6) is 0 Å². The van der Waals surface area contributed by atoms with Gasteiger partial charge in [0.05, 0.1) is 23.2 Å². The second-order valence-corrected chi connectivity index (χ2v) is 8.67. The van der Waals surface area contributed by atoms with Gasteiger partial charge in [-0.3, -0.25) is 14.7 Å². The van der Waals surface area contributed by atoms with Gasteiger partial charge < -0.3 is 10.6 Å². The summed E-state index contributed by atoms with van der Waals surface area (Å²) in [5.74, 6) is -1.26. The van der Waals surface area contributed by atoms with Crippen LogP contribution in [0.25, 0.3) is 0 Å². The van der Waals surface area contributed by atoms with Crippen LogP contribution in [0.15, 0.2) is 54.6 Å². The summed E-state index contributed by atoms with van der Waals surface area (Å²) in [6.07, 6.45) is -10.1. The fourth-order valence-electron chi connectivity index (χ4n) is 3.63. The van der Waals surface area contributed by atoms with E-state index in [1.807, 2.05) is 37.3 Å². The number of aromatic amines is 1. The number of rotatable bonds is 8. The zero-order valence-electron chi connectivity index (χ0n) is 19.8. The van der Waals surface area contributed by atoms with Gasteiger partial charge in [0.15, 0.2) is 0 Å². The number of nitrogens with one attached hydrogen (secondary N) is 3. The summed E-state index contributed by atoms with van der Waals surface area (Å²) in [6.45, 7) is 3.30. The average molecular weight is 526 g/mol. The molecule has 198 valence electrons. The number of carbonyl (C=O) groups is 2. The lowest BCUT2D eigenvalue weighted by Gasteiger charge is -2.16. The van der Waals surface area contributed by atoms with Gasteiger partial charge in [-0.05, 0) is 42.7 Å². The highest BCUT2D eigenvalue weighted by atomic mass is 19.4. The van der Waals surface area contributed by atoms with Crippen LogP contribution in [0.3, 0.4) is 0 Å². The molecule has 2 aromatic carbocycles. The van der Waals surface area contributed by atoms with Crippen molar-refractivity contribution in [1.82, 2.24) is 15.5 Å². The van der Waals surface area contributed by atoms with Crippen LogP contribution >= 0.6 is 0 Å². The van der Waals surface area contributed by atoms with Crippen molar-refractivity contribution < 1.29 is 35.9 Å². The van der Waals surface area contributed by atoms with E-state index in [4.69, 9.17) is 0 Å². The maximum atomic E-state index is 13.0. The van der Waals surface area contributed by atoms with Gasteiger partial charge in [0.25, 0.3) is 0 Å². The second-order valence-electron chi connectivity index (χ2n) is 8.67. The number of alkyl halides is 6. The van der Waals surface area contributed by atoms with Crippen molar-refractivity contribution in [1.29, 1.82) is 0 Å². The SMILES string of the molecule is CC(NC(=O)Cc1cc(C(F)(F)F)cc(C(F)(F)F)c1)C(=O)Nc1cc(C(C)Cc2ccccc2)n[nH]1. The predicted octanol–water partition coefficient (Wildman–Crippen LogP) is 5.48. The first-order valence-corrected chi connectivity index (χ1v) is 11.2. The Kier molecular flexibility index (Phi) is 8.29. The highest BCUT2D eigenvalue weighted by Gasteiger charge is 2.37. The summed E-state index contributed by atoms with van der Waals surface area (Å²) < 4.78 is 78.2. The molecule has 0 fully saturated rings. The predicted molar refractivity (Wildman–Crippen MR) is 124 cm³/mol. The molecule has 1 aromatic heterocycles. The van der Waals surface area contributed by atoms with E-state index in [0.29, 0.717) is 17.8 Å². The van der Waals surface area contributed by atoms with Crippen LogP contribution in [-0.2, 0) is 34.8 Å². The van der Waals surface area contributed by atoms with Gasteiger partial charge in [0.2, 0.25) is 11.8 Å². The molecule has 3 rings (SSSR count). The van der Waals surface area contributed by atoms with Crippen molar-refractivity contribution in [3.8, 4) is 0 Å². The van der Waals surface area contributed by atoms with E-state index in [-0.39, 0.29) is 17.8 Å². The van der Waals surface area contributed by atoms with E-state index in [9.17, 15) is 35.9 Å². The maximum absolute atomic E-state index is 13.0. The van der Waals surface area contributed by atoms with Gasteiger partial charge in [-0.25, -0.2) is 0 Å². The maximum Gasteiger partial charge on any atom is 0.416 e. The lowest BCUT2D eigenvalue weighted by Crippen LogP contribution is -2.42. The molecule has 0 aliphatic heterocycles. The summed E-state index contributed by atoms with van der Waals surface area (Å²) >= 11 is 0. The van der Waals surface area contributed by atoms with Crippen molar-refractivity contribution in [3.63, 3.8) is 0 Å². The molecule has 0 saturated carbocycles. The molecule has 3 N–H and O–H groups in total. The molecular formula is C25H24F6N4O2. The number of hydrogen-bond acceptors (Lipinski definition) is 3. The number of halogens is 6. The average Bonchev–Trinajstić information content (AvgIpc) is 3.27. The number of carbonyl (C=O) groups excluding carboxylic acids is 2. The molecule has 0 bridgehead atoms. The minimum absolute atomic E-state index is 0.0170. The van der Waals surface area contributed by atoms with E-state index in [0.717, 1.165) is 12.0 Å². The Bertz CT molecular complexity index is 1210. The Morgan fingerprint density at radius 3 is 2.05 bits per heavy atom. The number of hydrogen-bond donors (Lipinski definition) is 3. The highest BCUT2D eigenvalue weighted by Crippen LogP contribution is 2.36. The van der Waals surface area contributed by atoms with Crippen molar-refractivity contribution in [2.45, 2.75) is 51.0 Å². The summed E-state index contributed by atoms with van der Waals surface area (Å²) in [5, 5.41) is 11.7. The summed E-state index contributed by atoms with van der Waals surface area (Å²) in [4.78, 5) is 24.8. The Hall–Kier alpha value is -3.83. The van der Waals surface area contributed by atoms with Crippen LogP contribution < -0.4 is 10.6 Å². The van der Waals surface area contributed by atoms with Crippen molar-refractivity contribution in [3.05, 3.63) is 82.5 Å². The normalized spacial score (nSPS) is 13.6. The van der Waals surface area contributed by atoms with Gasteiger partial charge in [-0.15, -0.1) is 0 Å². The van der Waals surface area contributed by atoms with E-state index in [1.54, 1.807) is 6.07 Å². The molecule has 0 spiro atoms. The van der Waals surface area contributed by atoms with Gasteiger partial charge >= 0.3 is 12.4 Å². The number of benzene rings is 2. The highest BCUT2D eigenvalue weighted by molar-refractivity contribution is 5.96. The van der Waals surface area contributed by atoms with Crippen molar-refractivity contribution in [2.24, 2.45) is 0 Å². The fraction of sp³-hybridized carbons (Fsp3) is 0.320. The fourth-order valence-corrected chi connectivity index (χ4v) is 3.63. The molecule has 3 aromatic rings. The third-order valence-corrected chi connectivity index (χ3v) is 5.53. The van der Waals surface area contributed by atoms with Crippen LogP contribution in [0.2, 0.25) is 0 Å². The lowest BCUT2D eigenvalue weighted by atomic mass is 9.98. The molecule has 0 radical (unpaired) electrons. The number of anilines is 1. The Balaban J connectivity index is 1.60. The van der Waals surface area contributed by atoms with Crippen LogP contribution in [0.4, 0.5) is 32.2 Å². The third-order valence-electron chi connectivity index (χ3n) is 5.53. The minimum atomic E-state index is -5.03. The molecule has 6 nitrogen and oxygen atoms in total. The molecular weight excluding hydrogens is 502 g/mol. The van der Waals surface area contributed by atoms with Crippen LogP contribution in [0.1, 0.15) is 47.7 Å². The summed E-state index contributed by atoms with van der Waals surface area (Å²) in [7, 11) is 0. The first kappa shape index (κ1) is 27.8. The van der Waals surface area contributed by atoms with E-state index < -0.39 is 53.3 Å². The molecule has 37 heavy (non-hydrogen) atoms. The van der Waals surface area contributed by atoms with E-state index in [2.05, 4.69) is 20.8 Å². The Morgan fingerprint density at radius 2 is 1.49 bits per heavy atom. The topological polar surface area (TPSA) is 86.9 Å². The monoisotopic (exact) mass is 526 g/mol. The summed E-state index contributed by atoms with van der Waals surface area (Å²) in [6, 6.07) is 11.2. The van der Waals surface area contributed by atoms with Crippen molar-refractivity contribution >= 4 is 17.6 Å². The van der Waals surface area contributed by atoms with Gasteiger partial charge in [-0.1, -0.05) is 37.3 Å². The van der Waals surface area contributed by atoms with Gasteiger partial charge in [0, 0.05) is 12.0 Å².